The highest BCUT2D eigenvalue weighted by molar-refractivity contribution is 9.10. The Hall–Kier alpha value is -1.18. The van der Waals surface area contributed by atoms with Crippen LogP contribution in [0.1, 0.15) is 0 Å². The van der Waals surface area contributed by atoms with Crippen molar-refractivity contribution in [1.82, 2.24) is 9.97 Å². The van der Waals surface area contributed by atoms with Crippen LogP contribution in [0.15, 0.2) is 45.9 Å². The van der Waals surface area contributed by atoms with Crippen molar-refractivity contribution in [3.63, 3.8) is 0 Å². The molecule has 0 saturated carbocycles. The summed E-state index contributed by atoms with van der Waals surface area (Å²) in [6, 6.07) is 7.66. The van der Waals surface area contributed by atoms with E-state index in [-0.39, 0.29) is 16.0 Å². The molecule has 1 aromatic heterocycles. The number of sulfonamides is 1. The van der Waals surface area contributed by atoms with E-state index in [0.717, 1.165) is 4.47 Å². The van der Waals surface area contributed by atoms with Gasteiger partial charge >= 0.3 is 0 Å². The normalized spacial score (nSPS) is 11.2. The minimum atomic E-state index is -3.70. The summed E-state index contributed by atoms with van der Waals surface area (Å²) < 4.78 is 27.0. The van der Waals surface area contributed by atoms with Crippen molar-refractivity contribution in [2.45, 2.75) is 4.90 Å². The zero-order chi connectivity index (χ0) is 13.2. The highest BCUT2D eigenvalue weighted by Crippen LogP contribution is 2.17. The van der Waals surface area contributed by atoms with Crippen LogP contribution in [0.4, 0.5) is 5.95 Å². The first-order valence-corrected chi connectivity index (χ1v) is 7.40. The predicted octanol–water partition coefficient (Wildman–Crippen LogP) is 2.69. The van der Waals surface area contributed by atoms with Crippen LogP contribution in [0.25, 0.3) is 0 Å². The number of nitrogens with one attached hydrogen (secondary N) is 1. The third-order valence-electron chi connectivity index (χ3n) is 1.97. The second kappa shape index (κ2) is 5.21. The van der Waals surface area contributed by atoms with Crippen molar-refractivity contribution in [3.8, 4) is 0 Å². The van der Waals surface area contributed by atoms with E-state index in [1.54, 1.807) is 12.1 Å². The highest BCUT2D eigenvalue weighted by Gasteiger charge is 2.15. The van der Waals surface area contributed by atoms with Gasteiger partial charge in [-0.1, -0.05) is 27.5 Å². The number of hydrogen-bond acceptors (Lipinski definition) is 4. The van der Waals surface area contributed by atoms with Crippen molar-refractivity contribution in [2.24, 2.45) is 0 Å². The van der Waals surface area contributed by atoms with Crippen LogP contribution in [-0.4, -0.2) is 18.4 Å². The van der Waals surface area contributed by atoms with Gasteiger partial charge in [-0.25, -0.2) is 23.1 Å². The van der Waals surface area contributed by atoms with Crippen LogP contribution in [0.3, 0.4) is 0 Å². The topological polar surface area (TPSA) is 72.0 Å². The molecule has 2 aromatic rings. The standard InChI is InChI=1S/C10H7BrClN3O2S/c11-7-1-3-8(4-2-7)18(16,17)15-10-13-6-5-9(12)14-10/h1-6H,(H,13,14,15). The molecule has 8 heteroatoms. The van der Waals surface area contributed by atoms with Gasteiger partial charge in [-0.15, -0.1) is 0 Å². The Labute approximate surface area is 117 Å². The van der Waals surface area contributed by atoms with E-state index in [1.807, 2.05) is 0 Å². The molecular formula is C10H7BrClN3O2S. The second-order valence-corrected chi connectivity index (χ2v) is 6.25. The fraction of sp³-hybridized carbons (Fsp3) is 0. The van der Waals surface area contributed by atoms with Crippen molar-refractivity contribution in [1.29, 1.82) is 0 Å². The smallest absolute Gasteiger partial charge is 0.247 e. The monoisotopic (exact) mass is 347 g/mol. The zero-order valence-corrected chi connectivity index (χ0v) is 12.0. The summed E-state index contributed by atoms with van der Waals surface area (Å²) in [6.45, 7) is 0. The van der Waals surface area contributed by atoms with Gasteiger partial charge in [0.1, 0.15) is 5.15 Å². The number of nitrogens with zero attached hydrogens (tertiary/aromatic N) is 2. The summed E-state index contributed by atoms with van der Waals surface area (Å²) in [6.07, 6.45) is 1.37. The van der Waals surface area contributed by atoms with Crippen molar-refractivity contribution < 1.29 is 8.42 Å². The first kappa shape index (κ1) is 13.3. The molecule has 0 radical (unpaired) electrons. The summed E-state index contributed by atoms with van der Waals surface area (Å²) in [5.41, 5.74) is 0. The lowest BCUT2D eigenvalue weighted by molar-refractivity contribution is 0.601. The molecule has 1 heterocycles. The average Bonchev–Trinajstić information content (AvgIpc) is 2.29. The summed E-state index contributed by atoms with van der Waals surface area (Å²) >= 11 is 8.88. The van der Waals surface area contributed by atoms with Gasteiger partial charge in [0.05, 0.1) is 4.90 Å². The number of halogens is 2. The van der Waals surface area contributed by atoms with E-state index in [9.17, 15) is 8.42 Å². The first-order valence-electron chi connectivity index (χ1n) is 4.74. The molecule has 0 unspecified atom stereocenters. The van der Waals surface area contributed by atoms with Crippen LogP contribution in [0.5, 0.6) is 0 Å². The summed E-state index contributed by atoms with van der Waals surface area (Å²) in [7, 11) is -3.70. The van der Waals surface area contributed by atoms with E-state index >= 15 is 0 Å². The maximum Gasteiger partial charge on any atom is 0.264 e. The van der Waals surface area contributed by atoms with Gasteiger partial charge in [-0.2, -0.15) is 0 Å². The number of benzene rings is 1. The highest BCUT2D eigenvalue weighted by atomic mass is 79.9. The lowest BCUT2D eigenvalue weighted by Crippen LogP contribution is -2.14. The van der Waals surface area contributed by atoms with E-state index in [4.69, 9.17) is 11.6 Å². The fourth-order valence-electron chi connectivity index (χ4n) is 1.18. The van der Waals surface area contributed by atoms with Gasteiger partial charge in [-0.3, -0.25) is 0 Å². The molecule has 18 heavy (non-hydrogen) atoms. The lowest BCUT2D eigenvalue weighted by atomic mass is 10.4. The van der Waals surface area contributed by atoms with E-state index in [1.165, 1.54) is 24.4 Å². The molecule has 1 aromatic carbocycles. The maximum absolute atomic E-state index is 12.0. The molecular weight excluding hydrogens is 342 g/mol. The molecule has 2 rings (SSSR count). The fourth-order valence-corrected chi connectivity index (χ4v) is 2.53. The Morgan fingerprint density at radius 1 is 1.17 bits per heavy atom. The molecule has 0 atom stereocenters. The quantitative estimate of drug-likeness (QED) is 0.866. The molecule has 0 aliphatic rings. The Morgan fingerprint density at radius 3 is 2.44 bits per heavy atom. The van der Waals surface area contributed by atoms with E-state index in [2.05, 4.69) is 30.6 Å². The van der Waals surface area contributed by atoms with Crippen LogP contribution >= 0.6 is 27.5 Å². The van der Waals surface area contributed by atoms with E-state index < -0.39 is 10.0 Å². The van der Waals surface area contributed by atoms with Crippen LogP contribution in [-0.2, 0) is 10.0 Å². The van der Waals surface area contributed by atoms with E-state index in [0.29, 0.717) is 0 Å². The van der Waals surface area contributed by atoms with Gasteiger partial charge in [0.25, 0.3) is 10.0 Å². The second-order valence-electron chi connectivity index (χ2n) is 3.26. The molecule has 0 spiro atoms. The maximum atomic E-state index is 12.0. The van der Waals surface area contributed by atoms with Gasteiger partial charge < -0.3 is 0 Å². The minimum Gasteiger partial charge on any atom is -0.247 e. The molecule has 5 nitrogen and oxygen atoms in total. The Morgan fingerprint density at radius 2 is 1.83 bits per heavy atom. The summed E-state index contributed by atoms with van der Waals surface area (Å²) in [5.74, 6) is -0.0644. The van der Waals surface area contributed by atoms with Crippen LogP contribution in [0.2, 0.25) is 5.15 Å². The van der Waals surface area contributed by atoms with Crippen LogP contribution in [0, 0.1) is 0 Å². The lowest BCUT2D eigenvalue weighted by Gasteiger charge is -2.06. The Kier molecular flexibility index (Phi) is 3.84. The number of anilines is 1. The van der Waals surface area contributed by atoms with Crippen molar-refractivity contribution >= 4 is 43.5 Å². The average molecular weight is 349 g/mol. The van der Waals surface area contributed by atoms with Gasteiger partial charge in [-0.05, 0) is 30.3 Å². The number of aromatic nitrogens is 2. The third-order valence-corrected chi connectivity index (χ3v) is 4.05. The SMILES string of the molecule is O=S(=O)(Nc1nccc(Cl)n1)c1ccc(Br)cc1. The Bertz CT molecular complexity index is 661. The predicted molar refractivity (Wildman–Crippen MR) is 72.0 cm³/mol. The molecule has 94 valence electrons. The zero-order valence-electron chi connectivity index (χ0n) is 8.84. The minimum absolute atomic E-state index is 0.0644. The molecule has 0 saturated heterocycles. The number of hydrogen-bond donors (Lipinski definition) is 1. The Balaban J connectivity index is 2.30. The molecule has 0 fully saturated rings. The van der Waals surface area contributed by atoms with Crippen molar-refractivity contribution in [2.75, 3.05) is 4.72 Å². The van der Waals surface area contributed by atoms with Gasteiger partial charge in [0.2, 0.25) is 5.95 Å². The van der Waals surface area contributed by atoms with Crippen LogP contribution < -0.4 is 4.72 Å². The first-order chi connectivity index (χ1) is 8.47. The third kappa shape index (κ3) is 3.18. The summed E-state index contributed by atoms with van der Waals surface area (Å²) in [5, 5.41) is 0.165. The molecule has 0 aliphatic carbocycles. The largest absolute Gasteiger partial charge is 0.264 e. The summed E-state index contributed by atoms with van der Waals surface area (Å²) in [4.78, 5) is 7.65. The molecule has 0 amide bonds. The van der Waals surface area contributed by atoms with Crippen molar-refractivity contribution in [3.05, 3.63) is 46.2 Å². The molecule has 0 bridgehead atoms. The molecule has 0 aliphatic heterocycles. The van der Waals surface area contributed by atoms with Gasteiger partial charge in [0.15, 0.2) is 0 Å². The number of rotatable bonds is 3. The molecule has 1 N–H and O–H groups in total. The van der Waals surface area contributed by atoms with Gasteiger partial charge in [0, 0.05) is 10.7 Å².